The molecule has 0 aliphatic carbocycles. The zero-order chi connectivity index (χ0) is 16.6. The summed E-state index contributed by atoms with van der Waals surface area (Å²) < 4.78 is 16.5. The minimum absolute atomic E-state index is 0.0421. The molecule has 7 heteroatoms. The highest BCUT2D eigenvalue weighted by Gasteiger charge is 2.44. The van der Waals surface area contributed by atoms with Crippen LogP contribution in [0.25, 0.3) is 0 Å². The Morgan fingerprint density at radius 2 is 2.22 bits per heavy atom. The summed E-state index contributed by atoms with van der Waals surface area (Å²) in [6, 6.07) is 0. The molecular weight excluding hydrogens is 298 g/mol. The van der Waals surface area contributed by atoms with Crippen LogP contribution in [0.2, 0.25) is 0 Å². The normalized spacial score (nSPS) is 27.9. The molecule has 1 N–H and O–H groups in total. The Bertz CT molecular complexity index is 566. The van der Waals surface area contributed by atoms with Crippen LogP contribution in [-0.4, -0.2) is 40.6 Å². The van der Waals surface area contributed by atoms with E-state index in [4.69, 9.17) is 14.0 Å². The first-order chi connectivity index (χ1) is 10.8. The van der Waals surface area contributed by atoms with Crippen molar-refractivity contribution in [2.75, 3.05) is 6.54 Å². The minimum atomic E-state index is -0.506. The van der Waals surface area contributed by atoms with E-state index >= 15 is 0 Å². The molecule has 2 saturated heterocycles. The molecule has 1 aromatic heterocycles. The molecule has 2 fully saturated rings. The molecule has 0 saturated carbocycles. The summed E-state index contributed by atoms with van der Waals surface area (Å²) in [5.74, 6) is 1.45. The van der Waals surface area contributed by atoms with Crippen molar-refractivity contribution in [1.29, 1.82) is 0 Å². The fourth-order valence-electron chi connectivity index (χ4n) is 3.14. The van der Waals surface area contributed by atoms with Crippen LogP contribution < -0.4 is 5.32 Å². The van der Waals surface area contributed by atoms with Crippen molar-refractivity contribution >= 4 is 6.09 Å². The summed E-state index contributed by atoms with van der Waals surface area (Å²) in [6.45, 7) is 7.85. The third-order valence-corrected chi connectivity index (χ3v) is 4.27. The van der Waals surface area contributed by atoms with Crippen molar-refractivity contribution in [3.8, 4) is 0 Å². The highest BCUT2D eigenvalue weighted by molar-refractivity contribution is 5.67. The van der Waals surface area contributed by atoms with Crippen LogP contribution >= 0.6 is 0 Å². The lowest BCUT2D eigenvalue weighted by atomic mass is 9.89. The number of amides is 1. The maximum absolute atomic E-state index is 11.7. The number of carbonyl (C=O) groups is 1. The van der Waals surface area contributed by atoms with Gasteiger partial charge in [0.05, 0.1) is 18.1 Å². The fourth-order valence-corrected chi connectivity index (χ4v) is 3.14. The van der Waals surface area contributed by atoms with E-state index in [0.717, 1.165) is 19.3 Å². The molecular formula is C16H25N3O4. The molecule has 0 radical (unpaired) electrons. The second-order valence-electron chi connectivity index (χ2n) is 7.49. The number of ether oxygens (including phenoxy) is 2. The van der Waals surface area contributed by atoms with E-state index in [9.17, 15) is 4.79 Å². The summed E-state index contributed by atoms with van der Waals surface area (Å²) in [5, 5.41) is 6.80. The summed E-state index contributed by atoms with van der Waals surface area (Å²) in [6.07, 6.45) is 3.32. The summed E-state index contributed by atoms with van der Waals surface area (Å²) >= 11 is 0. The van der Waals surface area contributed by atoms with E-state index in [-0.39, 0.29) is 17.9 Å². The highest BCUT2D eigenvalue weighted by Crippen LogP contribution is 2.43. The standard InChI is InChI=1S/C16H25N3O4/c1-9(8-17-15(20)22-16(2,3)4)13-18-14(23-19-13)11-7-10-5-6-12(11)21-10/h9-12H,5-8H2,1-4H3,(H,17,20). The van der Waals surface area contributed by atoms with Crippen LogP contribution in [0.3, 0.4) is 0 Å². The van der Waals surface area contributed by atoms with Gasteiger partial charge in [-0.1, -0.05) is 12.1 Å². The third kappa shape index (κ3) is 3.83. The molecule has 3 rings (SSSR count). The summed E-state index contributed by atoms with van der Waals surface area (Å²) in [4.78, 5) is 16.2. The molecule has 7 nitrogen and oxygen atoms in total. The molecule has 23 heavy (non-hydrogen) atoms. The van der Waals surface area contributed by atoms with Gasteiger partial charge in [0, 0.05) is 12.5 Å². The van der Waals surface area contributed by atoms with E-state index in [1.807, 2.05) is 27.7 Å². The lowest BCUT2D eigenvalue weighted by Gasteiger charge is -2.20. The van der Waals surface area contributed by atoms with Crippen LogP contribution in [-0.2, 0) is 9.47 Å². The van der Waals surface area contributed by atoms with Gasteiger partial charge in [0.1, 0.15) is 5.60 Å². The number of fused-ring (bicyclic) bond motifs is 2. The average molecular weight is 323 g/mol. The number of nitrogens with one attached hydrogen (secondary N) is 1. The van der Waals surface area contributed by atoms with Crippen LogP contribution in [0, 0.1) is 0 Å². The molecule has 4 unspecified atom stereocenters. The van der Waals surface area contributed by atoms with E-state index in [1.54, 1.807) is 0 Å². The van der Waals surface area contributed by atoms with Crippen LogP contribution in [0.4, 0.5) is 4.79 Å². The topological polar surface area (TPSA) is 86.5 Å². The molecule has 2 aliphatic heterocycles. The Kier molecular flexibility index (Phi) is 4.31. The first-order valence-corrected chi connectivity index (χ1v) is 8.27. The van der Waals surface area contributed by atoms with Gasteiger partial charge in [-0.05, 0) is 40.0 Å². The predicted molar refractivity (Wildman–Crippen MR) is 82.2 cm³/mol. The smallest absolute Gasteiger partial charge is 0.407 e. The SMILES string of the molecule is CC(CNC(=O)OC(C)(C)C)c1noc(C2CC3CCC2O3)n1. The highest BCUT2D eigenvalue weighted by atomic mass is 16.6. The van der Waals surface area contributed by atoms with Gasteiger partial charge in [-0.2, -0.15) is 4.98 Å². The molecule has 0 aromatic carbocycles. The number of rotatable bonds is 4. The van der Waals surface area contributed by atoms with E-state index < -0.39 is 11.7 Å². The van der Waals surface area contributed by atoms with Crippen LogP contribution in [0.15, 0.2) is 4.52 Å². The maximum atomic E-state index is 11.7. The first kappa shape index (κ1) is 16.2. The van der Waals surface area contributed by atoms with E-state index in [1.165, 1.54) is 0 Å². The van der Waals surface area contributed by atoms with Gasteiger partial charge in [-0.3, -0.25) is 0 Å². The largest absolute Gasteiger partial charge is 0.444 e. The monoisotopic (exact) mass is 323 g/mol. The van der Waals surface area contributed by atoms with E-state index in [0.29, 0.717) is 24.4 Å². The Labute approximate surface area is 136 Å². The van der Waals surface area contributed by atoms with Gasteiger partial charge in [0.25, 0.3) is 0 Å². The second-order valence-corrected chi connectivity index (χ2v) is 7.49. The summed E-state index contributed by atoms with van der Waals surface area (Å²) in [7, 11) is 0. The number of hydrogen-bond acceptors (Lipinski definition) is 6. The van der Waals surface area contributed by atoms with Crippen molar-refractivity contribution in [1.82, 2.24) is 15.5 Å². The summed E-state index contributed by atoms with van der Waals surface area (Å²) in [5.41, 5.74) is -0.506. The molecule has 4 atom stereocenters. The molecule has 3 heterocycles. The van der Waals surface area contributed by atoms with Gasteiger partial charge >= 0.3 is 6.09 Å². The number of hydrogen-bond donors (Lipinski definition) is 1. The third-order valence-electron chi connectivity index (χ3n) is 4.27. The van der Waals surface area contributed by atoms with Crippen molar-refractivity contribution in [3.05, 3.63) is 11.7 Å². The molecule has 1 amide bonds. The Hall–Kier alpha value is -1.63. The molecule has 2 bridgehead atoms. The molecule has 128 valence electrons. The molecule has 1 aromatic rings. The van der Waals surface area contributed by atoms with Gasteiger partial charge in [0.2, 0.25) is 5.89 Å². The maximum Gasteiger partial charge on any atom is 0.407 e. The van der Waals surface area contributed by atoms with Gasteiger partial charge < -0.3 is 19.3 Å². The number of carbonyl (C=O) groups excluding carboxylic acids is 1. The Balaban J connectivity index is 1.52. The van der Waals surface area contributed by atoms with Crippen molar-refractivity contribution in [2.24, 2.45) is 0 Å². The lowest BCUT2D eigenvalue weighted by molar-refractivity contribution is 0.0524. The van der Waals surface area contributed by atoms with Crippen molar-refractivity contribution < 1.29 is 18.8 Å². The first-order valence-electron chi connectivity index (χ1n) is 8.27. The fraction of sp³-hybridized carbons (Fsp3) is 0.812. The second kappa shape index (κ2) is 6.11. The number of nitrogens with zero attached hydrogens (tertiary/aromatic N) is 2. The minimum Gasteiger partial charge on any atom is -0.444 e. The van der Waals surface area contributed by atoms with Gasteiger partial charge in [-0.15, -0.1) is 0 Å². The quantitative estimate of drug-likeness (QED) is 0.917. The molecule has 2 aliphatic rings. The lowest BCUT2D eigenvalue weighted by Crippen LogP contribution is -2.34. The average Bonchev–Trinajstić information content (AvgIpc) is 3.17. The zero-order valence-corrected chi connectivity index (χ0v) is 14.2. The number of aromatic nitrogens is 2. The predicted octanol–water partition coefficient (Wildman–Crippen LogP) is 2.73. The molecule has 0 spiro atoms. The van der Waals surface area contributed by atoms with Crippen molar-refractivity contribution in [3.63, 3.8) is 0 Å². The van der Waals surface area contributed by atoms with Gasteiger partial charge in [0.15, 0.2) is 5.82 Å². The van der Waals surface area contributed by atoms with E-state index in [2.05, 4.69) is 15.5 Å². The Morgan fingerprint density at radius 1 is 1.43 bits per heavy atom. The Morgan fingerprint density at radius 3 is 2.83 bits per heavy atom. The van der Waals surface area contributed by atoms with Crippen molar-refractivity contribution in [2.45, 2.75) is 76.6 Å². The van der Waals surface area contributed by atoms with Gasteiger partial charge in [-0.25, -0.2) is 4.79 Å². The van der Waals surface area contributed by atoms with Crippen LogP contribution in [0.1, 0.15) is 70.5 Å². The zero-order valence-electron chi connectivity index (χ0n) is 14.2. The number of alkyl carbamates (subject to hydrolysis) is 1. The van der Waals surface area contributed by atoms with Crippen LogP contribution in [0.5, 0.6) is 0 Å².